The summed E-state index contributed by atoms with van der Waals surface area (Å²) >= 11 is 0. The number of aliphatic hydroxyl groups excluding tert-OH is 1. The lowest BCUT2D eigenvalue weighted by Crippen LogP contribution is -2.34. The summed E-state index contributed by atoms with van der Waals surface area (Å²) in [6.45, 7) is 1.88. The fourth-order valence-electron chi connectivity index (χ4n) is 4.59. The van der Waals surface area contributed by atoms with E-state index in [2.05, 4.69) is 20.6 Å². The van der Waals surface area contributed by atoms with Gasteiger partial charge in [-0.25, -0.2) is 19.3 Å². The van der Waals surface area contributed by atoms with E-state index in [1.54, 1.807) is 18.3 Å². The second kappa shape index (κ2) is 9.34. The minimum atomic E-state index is -0.289. The van der Waals surface area contributed by atoms with E-state index in [1.807, 2.05) is 6.20 Å². The summed E-state index contributed by atoms with van der Waals surface area (Å²) in [4.78, 5) is 14.0. The molecule has 0 radical (unpaired) electrons. The number of fused-ring (bicyclic) bond motifs is 1. The smallest absolute Gasteiger partial charge is 0.227 e. The summed E-state index contributed by atoms with van der Waals surface area (Å²) in [5.41, 5.74) is 2.60. The SMILES string of the molecule is OC1CCC(c2cnc(OC3CCNCC3)c3cnc(Nc4ccc(F)cc4)nc23)CC1. The molecule has 1 saturated heterocycles. The third-order valence-corrected chi connectivity index (χ3v) is 6.41. The highest BCUT2D eigenvalue weighted by molar-refractivity contribution is 5.87. The number of piperidine rings is 1. The number of anilines is 2. The summed E-state index contributed by atoms with van der Waals surface area (Å²) in [5, 5.41) is 17.3. The largest absolute Gasteiger partial charge is 0.474 e. The number of pyridine rings is 1. The van der Waals surface area contributed by atoms with Crippen LogP contribution in [0.4, 0.5) is 16.0 Å². The molecule has 3 N–H and O–H groups in total. The Morgan fingerprint density at radius 3 is 2.47 bits per heavy atom. The van der Waals surface area contributed by atoms with E-state index < -0.39 is 0 Å². The number of hydrogen-bond donors (Lipinski definition) is 3. The number of hydrogen-bond acceptors (Lipinski definition) is 7. The Hall–Kier alpha value is -2.84. The number of halogens is 1. The Bertz CT molecular complexity index is 1060. The maximum absolute atomic E-state index is 13.3. The zero-order valence-electron chi connectivity index (χ0n) is 17.9. The molecule has 3 aromatic rings. The molecule has 1 saturated carbocycles. The Morgan fingerprint density at radius 2 is 1.72 bits per heavy atom. The molecule has 1 aromatic carbocycles. The molecule has 32 heavy (non-hydrogen) atoms. The molecule has 168 valence electrons. The maximum Gasteiger partial charge on any atom is 0.227 e. The fraction of sp³-hybridized carbons (Fsp3) is 0.458. The molecule has 8 heteroatoms. The third kappa shape index (κ3) is 4.66. The zero-order valence-corrected chi connectivity index (χ0v) is 17.9. The van der Waals surface area contributed by atoms with Gasteiger partial charge in [-0.05, 0) is 81.8 Å². The van der Waals surface area contributed by atoms with Crippen LogP contribution in [0.3, 0.4) is 0 Å². The van der Waals surface area contributed by atoms with Crippen molar-refractivity contribution in [2.24, 2.45) is 0 Å². The summed E-state index contributed by atoms with van der Waals surface area (Å²) < 4.78 is 19.5. The molecule has 5 rings (SSSR count). The van der Waals surface area contributed by atoms with E-state index in [0.29, 0.717) is 17.5 Å². The van der Waals surface area contributed by atoms with Gasteiger partial charge in [0.2, 0.25) is 11.8 Å². The molecule has 2 aromatic heterocycles. The zero-order chi connectivity index (χ0) is 21.9. The molecule has 2 aliphatic rings. The van der Waals surface area contributed by atoms with Gasteiger partial charge in [0.25, 0.3) is 0 Å². The average molecular weight is 438 g/mol. The van der Waals surface area contributed by atoms with Crippen LogP contribution in [0.5, 0.6) is 5.88 Å². The molecular formula is C24H28FN5O2. The van der Waals surface area contributed by atoms with Gasteiger partial charge in [-0.2, -0.15) is 0 Å². The summed E-state index contributed by atoms with van der Waals surface area (Å²) in [5.74, 6) is 1.01. The van der Waals surface area contributed by atoms with Crippen LogP contribution in [0.25, 0.3) is 10.9 Å². The Balaban J connectivity index is 1.50. The van der Waals surface area contributed by atoms with Crippen LogP contribution in [0, 0.1) is 5.82 Å². The number of nitrogens with zero attached hydrogens (tertiary/aromatic N) is 3. The van der Waals surface area contributed by atoms with Gasteiger partial charge in [0.05, 0.1) is 17.0 Å². The van der Waals surface area contributed by atoms with Gasteiger partial charge >= 0.3 is 0 Å². The molecule has 0 spiro atoms. The van der Waals surface area contributed by atoms with Crippen molar-refractivity contribution in [3.05, 3.63) is 48.0 Å². The lowest BCUT2D eigenvalue weighted by molar-refractivity contribution is 0.122. The van der Waals surface area contributed by atoms with Gasteiger partial charge in [-0.1, -0.05) is 0 Å². The van der Waals surface area contributed by atoms with E-state index in [9.17, 15) is 9.50 Å². The molecule has 2 fully saturated rings. The summed E-state index contributed by atoms with van der Waals surface area (Å²) in [6, 6.07) is 6.11. The lowest BCUT2D eigenvalue weighted by atomic mass is 9.83. The summed E-state index contributed by atoms with van der Waals surface area (Å²) in [6.07, 6.45) is 8.80. The van der Waals surface area contributed by atoms with E-state index in [4.69, 9.17) is 9.72 Å². The number of ether oxygens (including phenoxy) is 1. The molecule has 1 aliphatic heterocycles. The first-order valence-electron chi connectivity index (χ1n) is 11.4. The van der Waals surface area contributed by atoms with Crippen LogP contribution < -0.4 is 15.4 Å². The van der Waals surface area contributed by atoms with E-state index in [0.717, 1.165) is 68.1 Å². The van der Waals surface area contributed by atoms with Gasteiger partial charge in [0.1, 0.15) is 11.9 Å². The molecule has 0 unspecified atom stereocenters. The van der Waals surface area contributed by atoms with Crippen LogP contribution in [0.15, 0.2) is 36.7 Å². The van der Waals surface area contributed by atoms with Crippen molar-refractivity contribution >= 4 is 22.5 Å². The standard InChI is InChI=1S/C24H28FN5O2/c25-16-3-5-17(6-4-16)29-24-28-14-21-22(30-24)20(15-1-7-18(31)8-2-15)13-27-23(21)32-19-9-11-26-12-10-19/h3-6,13-15,18-19,26,31H,1-2,7-12H2,(H,28,29,30). The second-order valence-electron chi connectivity index (χ2n) is 8.68. The van der Waals surface area contributed by atoms with Crippen molar-refractivity contribution in [3.63, 3.8) is 0 Å². The first-order valence-corrected chi connectivity index (χ1v) is 11.4. The maximum atomic E-state index is 13.3. The van der Waals surface area contributed by atoms with E-state index in [1.165, 1.54) is 12.1 Å². The van der Waals surface area contributed by atoms with Crippen molar-refractivity contribution in [3.8, 4) is 5.88 Å². The number of benzene rings is 1. The number of aromatic nitrogens is 3. The van der Waals surface area contributed by atoms with Gasteiger partial charge in [-0.3, -0.25) is 0 Å². The van der Waals surface area contributed by atoms with Crippen LogP contribution in [0.1, 0.15) is 50.0 Å². The van der Waals surface area contributed by atoms with Crippen LogP contribution in [0.2, 0.25) is 0 Å². The van der Waals surface area contributed by atoms with Crippen LogP contribution in [-0.4, -0.2) is 45.4 Å². The number of aliphatic hydroxyl groups is 1. The highest BCUT2D eigenvalue weighted by atomic mass is 19.1. The fourth-order valence-corrected chi connectivity index (χ4v) is 4.59. The molecule has 3 heterocycles. The first kappa shape index (κ1) is 21.0. The number of rotatable bonds is 5. The quantitative estimate of drug-likeness (QED) is 0.554. The van der Waals surface area contributed by atoms with Crippen molar-refractivity contribution in [1.29, 1.82) is 0 Å². The van der Waals surface area contributed by atoms with Crippen LogP contribution in [-0.2, 0) is 0 Å². The Kier molecular flexibility index (Phi) is 6.14. The highest BCUT2D eigenvalue weighted by Gasteiger charge is 2.25. The lowest BCUT2D eigenvalue weighted by Gasteiger charge is -2.27. The van der Waals surface area contributed by atoms with Crippen molar-refractivity contribution in [1.82, 2.24) is 20.3 Å². The van der Waals surface area contributed by atoms with E-state index >= 15 is 0 Å². The van der Waals surface area contributed by atoms with Crippen molar-refractivity contribution in [2.75, 3.05) is 18.4 Å². The van der Waals surface area contributed by atoms with E-state index in [-0.39, 0.29) is 23.9 Å². The average Bonchev–Trinajstić information content (AvgIpc) is 2.82. The molecular weight excluding hydrogens is 409 g/mol. The minimum absolute atomic E-state index is 0.125. The predicted molar refractivity (Wildman–Crippen MR) is 121 cm³/mol. The normalized spacial score (nSPS) is 22.1. The minimum Gasteiger partial charge on any atom is -0.474 e. The number of nitrogens with one attached hydrogen (secondary N) is 2. The molecule has 7 nitrogen and oxygen atoms in total. The van der Waals surface area contributed by atoms with Gasteiger partial charge in [0.15, 0.2) is 0 Å². The van der Waals surface area contributed by atoms with Crippen molar-refractivity contribution < 1.29 is 14.2 Å². The molecule has 0 bridgehead atoms. The van der Waals surface area contributed by atoms with Gasteiger partial charge in [-0.15, -0.1) is 0 Å². The monoisotopic (exact) mass is 437 g/mol. The Labute approximate surface area is 186 Å². The summed E-state index contributed by atoms with van der Waals surface area (Å²) in [7, 11) is 0. The highest BCUT2D eigenvalue weighted by Crippen LogP contribution is 2.38. The van der Waals surface area contributed by atoms with Crippen LogP contribution >= 0.6 is 0 Å². The predicted octanol–water partition coefficient (Wildman–Crippen LogP) is 4.06. The molecule has 0 amide bonds. The Morgan fingerprint density at radius 1 is 0.969 bits per heavy atom. The van der Waals surface area contributed by atoms with Gasteiger partial charge in [0, 0.05) is 23.6 Å². The third-order valence-electron chi connectivity index (χ3n) is 6.41. The first-order chi connectivity index (χ1) is 15.7. The molecule has 0 atom stereocenters. The van der Waals surface area contributed by atoms with Gasteiger partial charge < -0.3 is 20.5 Å². The second-order valence-corrected chi connectivity index (χ2v) is 8.68. The van der Waals surface area contributed by atoms with Crippen molar-refractivity contribution in [2.45, 2.75) is 56.7 Å². The molecule has 1 aliphatic carbocycles. The topological polar surface area (TPSA) is 92.2 Å².